The van der Waals surface area contributed by atoms with E-state index in [4.69, 9.17) is 19.4 Å². The molecule has 1 aliphatic carbocycles. The maximum Gasteiger partial charge on any atom is 0.238 e. The van der Waals surface area contributed by atoms with Crippen LogP contribution >= 0.6 is 0 Å². The Kier molecular flexibility index (Phi) is 6.78. The summed E-state index contributed by atoms with van der Waals surface area (Å²) in [6.45, 7) is 0. The van der Waals surface area contributed by atoms with Crippen LogP contribution in [0, 0.1) is 0 Å². The van der Waals surface area contributed by atoms with Crippen molar-refractivity contribution in [3.8, 4) is 39.6 Å². The molecule has 12 rings (SSSR count). The highest BCUT2D eigenvalue weighted by atomic mass is 16.3. The first-order chi connectivity index (χ1) is 28.3. The molecule has 0 bridgehead atoms. The number of nitrogens with zero attached hydrogens (tertiary/aromatic N) is 4. The van der Waals surface area contributed by atoms with Crippen molar-refractivity contribution in [1.29, 1.82) is 0 Å². The number of hydrogen-bond donors (Lipinski definition) is 0. The first kappa shape index (κ1) is 31.7. The van der Waals surface area contributed by atoms with Crippen molar-refractivity contribution in [3.63, 3.8) is 0 Å². The van der Waals surface area contributed by atoms with Crippen LogP contribution in [0.4, 0.5) is 0 Å². The average molecular weight is 729 g/mol. The van der Waals surface area contributed by atoms with E-state index in [0.29, 0.717) is 17.6 Å². The molecule has 3 aromatic heterocycles. The van der Waals surface area contributed by atoms with Gasteiger partial charge in [0.25, 0.3) is 0 Å². The smallest absolute Gasteiger partial charge is 0.238 e. The fourth-order valence-electron chi connectivity index (χ4n) is 9.31. The second-order valence-corrected chi connectivity index (χ2v) is 14.7. The van der Waals surface area contributed by atoms with Crippen LogP contribution in [0.2, 0.25) is 0 Å². The van der Waals surface area contributed by atoms with Gasteiger partial charge in [0, 0.05) is 27.1 Å². The summed E-state index contributed by atoms with van der Waals surface area (Å²) in [6, 6.07) is 68.2. The van der Waals surface area contributed by atoms with Crippen LogP contribution in [0.1, 0.15) is 22.5 Å². The SMILES string of the molecule is c1ccc(-c2ccc3c4ccccc4n(-c4nc(-c5cccc6oc7ccccc7c56)nc(C5(c6ccccc6)c6ccccc6-c6ccccc65)n4)c3c2)cc1. The van der Waals surface area contributed by atoms with Crippen LogP contribution in [0.3, 0.4) is 0 Å². The largest absolute Gasteiger partial charge is 0.456 e. The lowest BCUT2D eigenvalue weighted by Crippen LogP contribution is -2.32. The molecule has 8 aromatic carbocycles. The summed E-state index contributed by atoms with van der Waals surface area (Å²) in [5.74, 6) is 1.78. The van der Waals surface area contributed by atoms with Gasteiger partial charge in [-0.15, -0.1) is 0 Å². The van der Waals surface area contributed by atoms with E-state index in [2.05, 4.69) is 174 Å². The summed E-state index contributed by atoms with van der Waals surface area (Å²) in [4.78, 5) is 16.8. The Balaban J connectivity index is 1.25. The third-order valence-electron chi connectivity index (χ3n) is 11.7. The third-order valence-corrected chi connectivity index (χ3v) is 11.7. The summed E-state index contributed by atoms with van der Waals surface area (Å²) in [6.07, 6.45) is 0. The molecule has 0 spiro atoms. The summed E-state index contributed by atoms with van der Waals surface area (Å²) in [7, 11) is 0. The van der Waals surface area contributed by atoms with E-state index in [1.807, 2.05) is 24.3 Å². The van der Waals surface area contributed by atoms with E-state index >= 15 is 0 Å². The molecule has 0 saturated heterocycles. The zero-order valence-corrected chi connectivity index (χ0v) is 30.7. The molecule has 1 aliphatic rings. The maximum atomic E-state index is 6.42. The minimum Gasteiger partial charge on any atom is -0.456 e. The molecule has 0 unspecified atom stereocenters. The van der Waals surface area contributed by atoms with Gasteiger partial charge in [0.15, 0.2) is 11.6 Å². The van der Waals surface area contributed by atoms with Gasteiger partial charge in [-0.25, -0.2) is 4.98 Å². The van der Waals surface area contributed by atoms with Crippen LogP contribution in [0.25, 0.3) is 83.3 Å². The second-order valence-electron chi connectivity index (χ2n) is 14.7. The van der Waals surface area contributed by atoms with E-state index < -0.39 is 5.41 Å². The minimum atomic E-state index is -0.846. The highest BCUT2D eigenvalue weighted by molar-refractivity contribution is 6.12. The van der Waals surface area contributed by atoms with Gasteiger partial charge in [-0.05, 0) is 63.2 Å². The molecule has 3 heterocycles. The van der Waals surface area contributed by atoms with Crippen molar-refractivity contribution in [1.82, 2.24) is 19.5 Å². The van der Waals surface area contributed by atoms with Crippen LogP contribution < -0.4 is 0 Å². The Morgan fingerprint density at radius 2 is 1.04 bits per heavy atom. The van der Waals surface area contributed by atoms with Crippen LogP contribution in [0.5, 0.6) is 0 Å². The van der Waals surface area contributed by atoms with E-state index in [9.17, 15) is 0 Å². The molecule has 5 heteroatoms. The van der Waals surface area contributed by atoms with E-state index in [1.165, 1.54) is 11.1 Å². The molecule has 57 heavy (non-hydrogen) atoms. The number of hydrogen-bond acceptors (Lipinski definition) is 4. The number of benzene rings is 8. The molecule has 5 nitrogen and oxygen atoms in total. The topological polar surface area (TPSA) is 56.7 Å². The second kappa shape index (κ2) is 12.2. The average Bonchev–Trinajstić information content (AvgIpc) is 3.93. The molecule has 0 radical (unpaired) electrons. The van der Waals surface area contributed by atoms with Crippen LogP contribution in [-0.2, 0) is 5.41 Å². The van der Waals surface area contributed by atoms with Gasteiger partial charge in [0.2, 0.25) is 5.95 Å². The quantitative estimate of drug-likeness (QED) is 0.177. The lowest BCUT2D eigenvalue weighted by molar-refractivity contribution is 0.669. The van der Waals surface area contributed by atoms with Gasteiger partial charge in [0.05, 0.1) is 11.0 Å². The predicted molar refractivity (Wildman–Crippen MR) is 230 cm³/mol. The minimum absolute atomic E-state index is 0.549. The normalized spacial score (nSPS) is 13.1. The van der Waals surface area contributed by atoms with Crippen molar-refractivity contribution < 1.29 is 4.42 Å². The Morgan fingerprint density at radius 1 is 0.421 bits per heavy atom. The predicted octanol–water partition coefficient (Wildman–Crippen LogP) is 12.6. The lowest BCUT2D eigenvalue weighted by atomic mass is 9.71. The highest BCUT2D eigenvalue weighted by Crippen LogP contribution is 2.55. The summed E-state index contributed by atoms with van der Waals surface area (Å²) in [5.41, 5.74) is 11.7. The van der Waals surface area contributed by atoms with Gasteiger partial charge >= 0.3 is 0 Å². The maximum absolute atomic E-state index is 6.42. The van der Waals surface area contributed by atoms with Crippen molar-refractivity contribution in [2.45, 2.75) is 5.41 Å². The molecule has 0 fully saturated rings. The summed E-state index contributed by atoms with van der Waals surface area (Å²) < 4.78 is 8.65. The van der Waals surface area contributed by atoms with Gasteiger partial charge in [-0.3, -0.25) is 4.57 Å². The number of furan rings is 1. The molecule has 0 amide bonds. The Morgan fingerprint density at radius 3 is 1.82 bits per heavy atom. The molecular formula is C52H32N4O. The fourth-order valence-corrected chi connectivity index (χ4v) is 9.31. The standard InChI is InChI=1S/C52H32N4O/c1-3-16-33(17-4-1)34-30-31-39-38-22-9-13-27-44(38)56(45(39)32-34)51-54-49(41-24-15-29-47-48(41)40-23-10-14-28-46(40)57-47)53-50(55-51)52(35-18-5-2-6-19-35)42-25-11-7-20-36(42)37-21-8-12-26-43(37)52/h1-32H. The van der Waals surface area contributed by atoms with Gasteiger partial charge in [-0.2, -0.15) is 9.97 Å². The monoisotopic (exact) mass is 728 g/mol. The number of fused-ring (bicyclic) bond motifs is 9. The molecular weight excluding hydrogens is 697 g/mol. The Hall–Kier alpha value is -7.63. The van der Waals surface area contributed by atoms with Crippen LogP contribution in [-0.4, -0.2) is 19.5 Å². The first-order valence-electron chi connectivity index (χ1n) is 19.3. The molecule has 0 aliphatic heterocycles. The van der Waals surface area contributed by atoms with E-state index in [0.717, 1.165) is 77.1 Å². The first-order valence-corrected chi connectivity index (χ1v) is 19.3. The lowest BCUT2D eigenvalue weighted by Gasteiger charge is -2.32. The number of aromatic nitrogens is 4. The molecule has 0 saturated carbocycles. The van der Waals surface area contributed by atoms with Crippen molar-refractivity contribution in [2.24, 2.45) is 0 Å². The zero-order chi connectivity index (χ0) is 37.5. The molecule has 0 N–H and O–H groups in total. The summed E-state index contributed by atoms with van der Waals surface area (Å²) >= 11 is 0. The van der Waals surface area contributed by atoms with E-state index in [1.54, 1.807) is 0 Å². The van der Waals surface area contributed by atoms with E-state index in [-0.39, 0.29) is 0 Å². The molecule has 0 atom stereocenters. The number of para-hydroxylation sites is 2. The third kappa shape index (κ3) is 4.54. The zero-order valence-electron chi connectivity index (χ0n) is 30.7. The van der Waals surface area contributed by atoms with Crippen molar-refractivity contribution in [3.05, 3.63) is 217 Å². The Bertz CT molecular complexity index is 3320. The van der Waals surface area contributed by atoms with Crippen molar-refractivity contribution >= 4 is 43.7 Å². The molecule has 266 valence electrons. The summed E-state index contributed by atoms with van der Waals surface area (Å²) in [5, 5.41) is 4.26. The fraction of sp³-hybridized carbons (Fsp3) is 0.0192. The van der Waals surface area contributed by atoms with Crippen molar-refractivity contribution in [2.75, 3.05) is 0 Å². The number of rotatable bonds is 5. The Labute approximate surface area is 328 Å². The highest BCUT2D eigenvalue weighted by Gasteiger charge is 2.49. The van der Waals surface area contributed by atoms with Gasteiger partial charge in [-0.1, -0.05) is 170 Å². The van der Waals surface area contributed by atoms with Gasteiger partial charge in [0.1, 0.15) is 16.6 Å². The van der Waals surface area contributed by atoms with Gasteiger partial charge < -0.3 is 4.42 Å². The molecule has 11 aromatic rings. The van der Waals surface area contributed by atoms with Crippen LogP contribution in [0.15, 0.2) is 199 Å².